The quantitative estimate of drug-likeness (QED) is 0.177. The number of piperazine rings is 1. The number of hydrogen-bond acceptors (Lipinski definition) is 4. The Bertz CT molecular complexity index is 812. The molecular weight excluding hydrogens is 479 g/mol. The monoisotopic (exact) mass is 496 g/mol. The molecule has 2 aromatic rings. The molecule has 1 aliphatic heterocycles. The summed E-state index contributed by atoms with van der Waals surface area (Å²) in [6, 6.07) is 2.01. The van der Waals surface area contributed by atoms with Gasteiger partial charge in [-0.05, 0) is 6.07 Å². The van der Waals surface area contributed by atoms with Crippen LogP contribution >= 0.6 is 24.0 Å². The number of guanidine groups is 1. The van der Waals surface area contributed by atoms with E-state index >= 15 is 0 Å². The average molecular weight is 496 g/mol. The molecule has 1 saturated heterocycles. The van der Waals surface area contributed by atoms with Gasteiger partial charge in [0.05, 0.1) is 6.54 Å². The van der Waals surface area contributed by atoms with E-state index < -0.39 is 35.4 Å². The molecule has 146 valence electrons. The summed E-state index contributed by atoms with van der Waals surface area (Å²) in [7, 11) is 0. The number of aliphatic imine (C=N–C) groups is 1. The molecule has 0 bridgehead atoms. The first-order valence-corrected chi connectivity index (χ1v) is 7.86. The van der Waals surface area contributed by atoms with Gasteiger partial charge < -0.3 is 15.5 Å². The molecular formula is C16H17F4IN6. The van der Waals surface area contributed by atoms with Crippen molar-refractivity contribution in [3.05, 3.63) is 53.4 Å². The maximum absolute atomic E-state index is 13.7. The van der Waals surface area contributed by atoms with Crippen molar-refractivity contribution in [1.82, 2.24) is 14.9 Å². The third-order valence-electron chi connectivity index (χ3n) is 4.05. The van der Waals surface area contributed by atoms with Crippen LogP contribution in [0.25, 0.3) is 0 Å². The van der Waals surface area contributed by atoms with E-state index in [1.165, 1.54) is 0 Å². The molecule has 1 aromatic carbocycles. The number of anilines is 1. The van der Waals surface area contributed by atoms with Crippen LogP contribution in [0.5, 0.6) is 0 Å². The van der Waals surface area contributed by atoms with E-state index in [0.29, 0.717) is 32.1 Å². The van der Waals surface area contributed by atoms with E-state index in [-0.39, 0.29) is 36.0 Å². The van der Waals surface area contributed by atoms with Crippen molar-refractivity contribution >= 4 is 35.9 Å². The molecule has 0 atom stereocenters. The number of nitrogens with zero attached hydrogens (tertiary/aromatic N) is 5. The predicted molar refractivity (Wildman–Crippen MR) is 103 cm³/mol. The van der Waals surface area contributed by atoms with E-state index in [4.69, 9.17) is 5.73 Å². The summed E-state index contributed by atoms with van der Waals surface area (Å²) in [6.45, 7) is 1.68. The fourth-order valence-electron chi connectivity index (χ4n) is 2.60. The zero-order valence-corrected chi connectivity index (χ0v) is 16.4. The second-order valence-electron chi connectivity index (χ2n) is 5.64. The summed E-state index contributed by atoms with van der Waals surface area (Å²) < 4.78 is 53.5. The molecule has 0 saturated carbocycles. The normalized spacial score (nSPS) is 14.9. The molecule has 0 unspecified atom stereocenters. The summed E-state index contributed by atoms with van der Waals surface area (Å²) in [5.74, 6) is -5.43. The van der Waals surface area contributed by atoms with Crippen LogP contribution in [-0.4, -0.2) is 47.0 Å². The number of rotatable bonds is 3. The summed E-state index contributed by atoms with van der Waals surface area (Å²) in [5, 5.41) is 0. The highest BCUT2D eigenvalue weighted by atomic mass is 127. The first-order chi connectivity index (χ1) is 12.5. The fourth-order valence-corrected chi connectivity index (χ4v) is 2.60. The average Bonchev–Trinajstić information content (AvgIpc) is 2.67. The number of aromatic nitrogens is 2. The standard InChI is InChI=1S/C16H16F4N6.HI/c17-11-8-12(18)14(20)13(19)10(11)9-24-15(21)25-4-6-26(7-5-25)16-22-2-1-3-23-16;/h1-3,8H,4-7,9H2,(H2,21,24);1H. The van der Waals surface area contributed by atoms with Crippen molar-refractivity contribution < 1.29 is 17.6 Å². The van der Waals surface area contributed by atoms with Crippen LogP contribution in [0.1, 0.15) is 5.56 Å². The maximum Gasteiger partial charge on any atom is 0.225 e. The summed E-state index contributed by atoms with van der Waals surface area (Å²) in [6.07, 6.45) is 3.30. The molecule has 1 aliphatic rings. The van der Waals surface area contributed by atoms with Crippen molar-refractivity contribution in [2.75, 3.05) is 31.1 Å². The lowest BCUT2D eigenvalue weighted by atomic mass is 10.2. The Morgan fingerprint density at radius 3 is 2.26 bits per heavy atom. The highest BCUT2D eigenvalue weighted by molar-refractivity contribution is 14.0. The van der Waals surface area contributed by atoms with E-state index in [0.717, 1.165) is 0 Å². The van der Waals surface area contributed by atoms with E-state index in [2.05, 4.69) is 15.0 Å². The number of hydrogen-bond donors (Lipinski definition) is 1. The third-order valence-corrected chi connectivity index (χ3v) is 4.05. The molecule has 6 nitrogen and oxygen atoms in total. The number of benzene rings is 1. The van der Waals surface area contributed by atoms with Crippen molar-refractivity contribution in [2.24, 2.45) is 10.7 Å². The second kappa shape index (κ2) is 9.15. The highest BCUT2D eigenvalue weighted by Gasteiger charge is 2.21. The second-order valence-corrected chi connectivity index (χ2v) is 5.64. The topological polar surface area (TPSA) is 70.6 Å². The van der Waals surface area contributed by atoms with Gasteiger partial charge in [0, 0.05) is 50.2 Å². The summed E-state index contributed by atoms with van der Waals surface area (Å²) >= 11 is 0. The number of halogens is 5. The largest absolute Gasteiger partial charge is 0.370 e. The van der Waals surface area contributed by atoms with Gasteiger partial charge in [-0.25, -0.2) is 32.5 Å². The molecule has 1 fully saturated rings. The van der Waals surface area contributed by atoms with Gasteiger partial charge in [-0.15, -0.1) is 24.0 Å². The number of nitrogens with two attached hydrogens (primary N) is 1. The smallest absolute Gasteiger partial charge is 0.225 e. The van der Waals surface area contributed by atoms with Crippen LogP contribution in [0.4, 0.5) is 23.5 Å². The Morgan fingerprint density at radius 2 is 1.63 bits per heavy atom. The van der Waals surface area contributed by atoms with Gasteiger partial charge in [0.25, 0.3) is 0 Å². The van der Waals surface area contributed by atoms with Crippen LogP contribution in [0.15, 0.2) is 29.5 Å². The van der Waals surface area contributed by atoms with Crippen molar-refractivity contribution in [3.63, 3.8) is 0 Å². The Morgan fingerprint density at radius 1 is 1.00 bits per heavy atom. The minimum atomic E-state index is -1.73. The Kier molecular flexibility index (Phi) is 7.16. The molecule has 0 aliphatic carbocycles. The van der Waals surface area contributed by atoms with Gasteiger partial charge >= 0.3 is 0 Å². The van der Waals surface area contributed by atoms with Gasteiger partial charge in [0.1, 0.15) is 5.82 Å². The van der Waals surface area contributed by atoms with Crippen molar-refractivity contribution in [3.8, 4) is 0 Å². The zero-order chi connectivity index (χ0) is 18.7. The van der Waals surface area contributed by atoms with Crippen molar-refractivity contribution in [1.29, 1.82) is 0 Å². The van der Waals surface area contributed by atoms with Crippen LogP contribution in [0, 0.1) is 23.3 Å². The van der Waals surface area contributed by atoms with Crippen LogP contribution in [0.2, 0.25) is 0 Å². The molecule has 11 heteroatoms. The fraction of sp³-hybridized carbons (Fsp3) is 0.312. The van der Waals surface area contributed by atoms with Gasteiger partial charge in [0.2, 0.25) is 5.95 Å². The zero-order valence-electron chi connectivity index (χ0n) is 14.1. The molecule has 2 heterocycles. The lowest BCUT2D eigenvalue weighted by molar-refractivity contribution is 0.377. The third kappa shape index (κ3) is 4.76. The first kappa shape index (κ1) is 21.1. The SMILES string of the molecule is I.NC(=NCc1c(F)cc(F)c(F)c1F)N1CCN(c2ncccn2)CC1. The maximum atomic E-state index is 13.7. The summed E-state index contributed by atoms with van der Waals surface area (Å²) in [5.41, 5.74) is 5.20. The minimum Gasteiger partial charge on any atom is -0.370 e. The Balaban J connectivity index is 0.00000261. The van der Waals surface area contributed by atoms with E-state index in [1.807, 2.05) is 4.90 Å². The Hall–Kier alpha value is -2.18. The van der Waals surface area contributed by atoms with Crippen molar-refractivity contribution in [2.45, 2.75) is 6.54 Å². The first-order valence-electron chi connectivity index (χ1n) is 7.86. The van der Waals surface area contributed by atoms with Crippen LogP contribution in [-0.2, 0) is 6.54 Å². The molecule has 27 heavy (non-hydrogen) atoms. The van der Waals surface area contributed by atoms with Crippen LogP contribution < -0.4 is 10.6 Å². The Labute approximate surface area is 170 Å². The predicted octanol–water partition coefficient (Wildman–Crippen LogP) is 2.29. The van der Waals surface area contributed by atoms with E-state index in [9.17, 15) is 17.6 Å². The molecule has 0 radical (unpaired) electrons. The molecule has 0 amide bonds. The van der Waals surface area contributed by atoms with Gasteiger partial charge in [-0.2, -0.15) is 0 Å². The molecule has 3 rings (SSSR count). The molecule has 2 N–H and O–H groups in total. The lowest BCUT2D eigenvalue weighted by Gasteiger charge is -2.35. The van der Waals surface area contributed by atoms with Gasteiger partial charge in [-0.1, -0.05) is 0 Å². The molecule has 1 aromatic heterocycles. The minimum absolute atomic E-state index is 0. The summed E-state index contributed by atoms with van der Waals surface area (Å²) in [4.78, 5) is 15.9. The van der Waals surface area contributed by atoms with Crippen LogP contribution in [0.3, 0.4) is 0 Å². The highest BCUT2D eigenvalue weighted by Crippen LogP contribution is 2.20. The van der Waals surface area contributed by atoms with Gasteiger partial charge in [0.15, 0.2) is 23.4 Å². The lowest BCUT2D eigenvalue weighted by Crippen LogP contribution is -2.51. The van der Waals surface area contributed by atoms with Gasteiger partial charge in [-0.3, -0.25) is 0 Å². The molecule has 0 spiro atoms. The van der Waals surface area contributed by atoms with E-state index in [1.54, 1.807) is 23.4 Å².